The van der Waals surface area contributed by atoms with Gasteiger partial charge in [0.25, 0.3) is 0 Å². The largest absolute Gasteiger partial charge is 0.594 e. The maximum atomic E-state index is 10.7. The quantitative estimate of drug-likeness (QED) is 0.711. The normalized spacial score (nSPS) is 14.0. The third kappa shape index (κ3) is 2.11. The molecule has 0 saturated heterocycles. The average molecular weight is 183 g/mol. The van der Waals surface area contributed by atoms with Crippen molar-refractivity contribution in [2.45, 2.75) is 5.78 Å². The predicted molar refractivity (Wildman–Crippen MR) is 45.8 cm³/mol. The molecule has 0 spiro atoms. The Kier molecular flexibility index (Phi) is 3.35. The van der Waals surface area contributed by atoms with Gasteiger partial charge in [0.05, 0.1) is 0 Å². The third-order valence-corrected chi connectivity index (χ3v) is 2.58. The van der Waals surface area contributed by atoms with Gasteiger partial charge in [-0.15, -0.1) is 0 Å². The summed E-state index contributed by atoms with van der Waals surface area (Å²) in [6, 6.07) is 9.06. The SMILES string of the molecule is CNC(c1ccccc1)[P+](=O)[O-]. The number of rotatable bonds is 3. The van der Waals surface area contributed by atoms with E-state index in [4.69, 9.17) is 0 Å². The van der Waals surface area contributed by atoms with Gasteiger partial charge in [-0.2, -0.15) is 0 Å². The van der Waals surface area contributed by atoms with Gasteiger partial charge in [0.1, 0.15) is 0 Å². The fraction of sp³-hybridized carbons (Fsp3) is 0.250. The lowest BCUT2D eigenvalue weighted by atomic mass is 10.2. The molecule has 0 bridgehead atoms. The molecule has 0 aliphatic carbocycles. The summed E-state index contributed by atoms with van der Waals surface area (Å²) in [5.41, 5.74) is 0.774. The molecule has 1 rings (SSSR count). The van der Waals surface area contributed by atoms with Gasteiger partial charge in [-0.1, -0.05) is 34.9 Å². The molecule has 0 aromatic heterocycles. The van der Waals surface area contributed by atoms with Crippen LogP contribution in [-0.2, 0) is 4.57 Å². The highest BCUT2D eigenvalue weighted by molar-refractivity contribution is 7.36. The summed E-state index contributed by atoms with van der Waals surface area (Å²) in [5, 5.41) is 2.72. The average Bonchev–Trinajstić information content (AvgIpc) is 2.07. The van der Waals surface area contributed by atoms with Gasteiger partial charge in [-0.05, 0) is 7.05 Å². The maximum absolute atomic E-state index is 10.7. The summed E-state index contributed by atoms with van der Waals surface area (Å²) in [5.74, 6) is -0.568. The van der Waals surface area contributed by atoms with Crippen molar-refractivity contribution >= 4 is 8.03 Å². The highest BCUT2D eigenvalue weighted by Gasteiger charge is 2.20. The summed E-state index contributed by atoms with van der Waals surface area (Å²) >= 11 is 0. The molecule has 1 aromatic rings. The van der Waals surface area contributed by atoms with E-state index in [2.05, 4.69) is 5.32 Å². The van der Waals surface area contributed by atoms with Gasteiger partial charge in [0.2, 0.25) is 5.78 Å². The molecule has 2 unspecified atom stereocenters. The Balaban J connectivity index is 2.88. The van der Waals surface area contributed by atoms with Crippen molar-refractivity contribution in [3.63, 3.8) is 0 Å². The summed E-state index contributed by atoms with van der Waals surface area (Å²) < 4.78 is 10.7. The van der Waals surface area contributed by atoms with Crippen LogP contribution in [0.1, 0.15) is 11.3 Å². The van der Waals surface area contributed by atoms with Gasteiger partial charge in [-0.3, -0.25) is 5.32 Å². The van der Waals surface area contributed by atoms with Crippen molar-refractivity contribution in [1.82, 2.24) is 5.32 Å². The molecule has 1 N–H and O–H groups in total. The zero-order valence-electron chi connectivity index (χ0n) is 6.73. The second-order valence-electron chi connectivity index (χ2n) is 2.39. The van der Waals surface area contributed by atoms with Crippen LogP contribution in [0.5, 0.6) is 0 Å². The second kappa shape index (κ2) is 4.31. The Hall–Kier alpha value is -0.760. The Morgan fingerprint density at radius 3 is 2.42 bits per heavy atom. The number of hydrogen-bond acceptors (Lipinski definition) is 3. The van der Waals surface area contributed by atoms with Crippen LogP contribution in [0.4, 0.5) is 0 Å². The lowest BCUT2D eigenvalue weighted by Gasteiger charge is -2.06. The first-order valence-electron chi connectivity index (χ1n) is 3.61. The van der Waals surface area contributed by atoms with Crippen LogP contribution >= 0.6 is 8.03 Å². The lowest BCUT2D eigenvalue weighted by molar-refractivity contribution is -0.167. The van der Waals surface area contributed by atoms with Crippen molar-refractivity contribution < 1.29 is 9.46 Å². The first-order valence-corrected chi connectivity index (χ1v) is 4.86. The molecule has 0 radical (unpaired) electrons. The van der Waals surface area contributed by atoms with E-state index in [1.54, 1.807) is 19.2 Å². The van der Waals surface area contributed by atoms with Crippen LogP contribution < -0.4 is 10.2 Å². The zero-order valence-corrected chi connectivity index (χ0v) is 7.62. The minimum Gasteiger partial charge on any atom is -0.594 e. The molecule has 0 aliphatic rings. The molecule has 1 aromatic carbocycles. The molecule has 64 valence electrons. The molecule has 0 amide bonds. The fourth-order valence-electron chi connectivity index (χ4n) is 1.03. The minimum atomic E-state index is -2.45. The van der Waals surface area contributed by atoms with E-state index in [0.29, 0.717) is 0 Å². The van der Waals surface area contributed by atoms with Crippen LogP contribution in [-0.4, -0.2) is 7.05 Å². The smallest absolute Gasteiger partial charge is 0.333 e. The van der Waals surface area contributed by atoms with E-state index < -0.39 is 13.8 Å². The van der Waals surface area contributed by atoms with Gasteiger partial charge in [0, 0.05) is 5.56 Å². The fourth-order valence-corrected chi connectivity index (χ4v) is 1.66. The Morgan fingerprint density at radius 1 is 1.42 bits per heavy atom. The van der Waals surface area contributed by atoms with Gasteiger partial charge in [-0.25, -0.2) is 0 Å². The predicted octanol–water partition coefficient (Wildman–Crippen LogP) is 1.01. The summed E-state index contributed by atoms with van der Waals surface area (Å²) in [4.78, 5) is 10.7. The Morgan fingerprint density at radius 2 is 2.00 bits per heavy atom. The summed E-state index contributed by atoms with van der Waals surface area (Å²) in [6.45, 7) is 0. The van der Waals surface area contributed by atoms with E-state index in [9.17, 15) is 9.46 Å². The molecule has 0 fully saturated rings. The highest BCUT2D eigenvalue weighted by atomic mass is 31.1. The molecule has 2 atom stereocenters. The number of hydrogen-bond donors (Lipinski definition) is 1. The highest BCUT2D eigenvalue weighted by Crippen LogP contribution is 2.30. The van der Waals surface area contributed by atoms with E-state index in [1.807, 2.05) is 18.2 Å². The van der Waals surface area contributed by atoms with Crippen molar-refractivity contribution in [3.05, 3.63) is 35.9 Å². The van der Waals surface area contributed by atoms with E-state index >= 15 is 0 Å². The molecular formula is C8H10NO2P. The second-order valence-corrected chi connectivity index (χ2v) is 3.47. The van der Waals surface area contributed by atoms with Crippen molar-refractivity contribution in [2.75, 3.05) is 7.05 Å². The summed E-state index contributed by atoms with van der Waals surface area (Å²) in [6.07, 6.45) is 0. The first-order chi connectivity index (χ1) is 5.75. The zero-order chi connectivity index (χ0) is 8.97. The van der Waals surface area contributed by atoms with Crippen LogP contribution in [0.2, 0.25) is 0 Å². The Bertz CT molecular complexity index is 263. The molecule has 12 heavy (non-hydrogen) atoms. The standard InChI is InChI=1S/C8H10NO2P/c1-9-8(12(10)11)7-5-3-2-4-6-7/h2-6,8-9H,1H3. The van der Waals surface area contributed by atoms with Crippen molar-refractivity contribution in [2.24, 2.45) is 0 Å². The maximum Gasteiger partial charge on any atom is 0.333 e. The molecule has 3 nitrogen and oxygen atoms in total. The summed E-state index contributed by atoms with van der Waals surface area (Å²) in [7, 11) is -0.824. The van der Waals surface area contributed by atoms with Gasteiger partial charge in [0.15, 0.2) is 0 Å². The van der Waals surface area contributed by atoms with Gasteiger partial charge < -0.3 is 4.89 Å². The van der Waals surface area contributed by atoms with E-state index in [-0.39, 0.29) is 0 Å². The minimum absolute atomic E-state index is 0.568. The van der Waals surface area contributed by atoms with E-state index in [0.717, 1.165) is 5.56 Å². The molecule has 0 saturated carbocycles. The van der Waals surface area contributed by atoms with Crippen LogP contribution in [0.3, 0.4) is 0 Å². The molecule has 4 heteroatoms. The molecule has 0 heterocycles. The van der Waals surface area contributed by atoms with Crippen molar-refractivity contribution in [1.29, 1.82) is 0 Å². The first kappa shape index (κ1) is 9.33. The lowest BCUT2D eigenvalue weighted by Crippen LogP contribution is -2.15. The monoisotopic (exact) mass is 183 g/mol. The topological polar surface area (TPSA) is 52.2 Å². The van der Waals surface area contributed by atoms with Gasteiger partial charge >= 0.3 is 8.03 Å². The van der Waals surface area contributed by atoms with Crippen LogP contribution in [0, 0.1) is 0 Å². The molecular weight excluding hydrogens is 173 g/mol. The Labute approximate surface area is 72.3 Å². The molecule has 0 aliphatic heterocycles. The number of benzene rings is 1. The van der Waals surface area contributed by atoms with E-state index in [1.165, 1.54) is 0 Å². The van der Waals surface area contributed by atoms with Crippen molar-refractivity contribution in [3.8, 4) is 0 Å². The number of nitrogens with one attached hydrogen (secondary N) is 1. The third-order valence-electron chi connectivity index (χ3n) is 1.60. The van der Waals surface area contributed by atoms with Crippen LogP contribution in [0.15, 0.2) is 30.3 Å². The van der Waals surface area contributed by atoms with Crippen LogP contribution in [0.25, 0.3) is 0 Å².